The van der Waals surface area contributed by atoms with E-state index in [1.54, 1.807) is 24.3 Å². The Morgan fingerprint density at radius 3 is 2.26 bits per heavy atom. The SMILES string of the molecule is CS(=O)(=O)Cc1cccc(C(=O)Nc2ccccc2Cc2ccccc2)c1. The van der Waals surface area contributed by atoms with Gasteiger partial charge in [-0.15, -0.1) is 0 Å². The average molecular weight is 379 g/mol. The highest BCUT2D eigenvalue weighted by Crippen LogP contribution is 2.20. The van der Waals surface area contributed by atoms with Crippen LogP contribution in [0.2, 0.25) is 0 Å². The van der Waals surface area contributed by atoms with E-state index in [2.05, 4.69) is 5.32 Å². The molecule has 0 saturated heterocycles. The summed E-state index contributed by atoms with van der Waals surface area (Å²) in [5.41, 5.74) is 3.96. The number of anilines is 1. The van der Waals surface area contributed by atoms with Crippen molar-refractivity contribution in [2.24, 2.45) is 0 Å². The number of rotatable bonds is 6. The maximum absolute atomic E-state index is 12.7. The van der Waals surface area contributed by atoms with Crippen molar-refractivity contribution in [2.75, 3.05) is 11.6 Å². The first-order valence-corrected chi connectivity index (χ1v) is 10.7. The minimum absolute atomic E-state index is 0.0846. The fourth-order valence-electron chi connectivity index (χ4n) is 2.91. The van der Waals surface area contributed by atoms with Gasteiger partial charge in [-0.25, -0.2) is 8.42 Å². The van der Waals surface area contributed by atoms with E-state index in [9.17, 15) is 13.2 Å². The van der Waals surface area contributed by atoms with Crippen LogP contribution in [0, 0.1) is 0 Å². The molecule has 0 aliphatic heterocycles. The van der Waals surface area contributed by atoms with Crippen LogP contribution in [0.1, 0.15) is 27.0 Å². The summed E-state index contributed by atoms with van der Waals surface area (Å²) < 4.78 is 23.0. The highest BCUT2D eigenvalue weighted by atomic mass is 32.2. The van der Waals surface area contributed by atoms with Crippen molar-refractivity contribution in [1.82, 2.24) is 0 Å². The second kappa shape index (κ2) is 8.18. The highest BCUT2D eigenvalue weighted by Gasteiger charge is 2.11. The summed E-state index contributed by atoms with van der Waals surface area (Å²) in [7, 11) is -3.15. The summed E-state index contributed by atoms with van der Waals surface area (Å²) in [5, 5.41) is 2.95. The van der Waals surface area contributed by atoms with Crippen LogP contribution in [0.3, 0.4) is 0 Å². The number of para-hydroxylation sites is 1. The standard InChI is InChI=1S/C22H21NO3S/c1-27(25,26)16-18-10-7-12-20(15-18)22(24)23-21-13-6-5-11-19(21)14-17-8-3-2-4-9-17/h2-13,15H,14,16H2,1H3,(H,23,24). The fraction of sp³-hybridized carbons (Fsp3) is 0.136. The Morgan fingerprint density at radius 2 is 1.52 bits per heavy atom. The normalized spacial score (nSPS) is 11.1. The van der Waals surface area contributed by atoms with Gasteiger partial charge in [0.25, 0.3) is 5.91 Å². The van der Waals surface area contributed by atoms with Crippen molar-refractivity contribution in [3.05, 3.63) is 101 Å². The van der Waals surface area contributed by atoms with Gasteiger partial charge in [-0.3, -0.25) is 4.79 Å². The lowest BCUT2D eigenvalue weighted by Gasteiger charge is -2.12. The van der Waals surface area contributed by atoms with Crippen LogP contribution in [-0.2, 0) is 22.0 Å². The summed E-state index contributed by atoms with van der Waals surface area (Å²) in [4.78, 5) is 12.7. The first-order valence-electron chi connectivity index (χ1n) is 8.60. The minimum atomic E-state index is -3.15. The van der Waals surface area contributed by atoms with Crippen LogP contribution in [0.5, 0.6) is 0 Å². The third-order valence-electron chi connectivity index (χ3n) is 4.12. The Balaban J connectivity index is 1.80. The van der Waals surface area contributed by atoms with E-state index >= 15 is 0 Å². The van der Waals surface area contributed by atoms with Gasteiger partial charge in [-0.2, -0.15) is 0 Å². The minimum Gasteiger partial charge on any atom is -0.322 e. The van der Waals surface area contributed by atoms with Crippen molar-refractivity contribution >= 4 is 21.4 Å². The Labute approximate surface area is 159 Å². The van der Waals surface area contributed by atoms with Crippen LogP contribution < -0.4 is 5.32 Å². The molecule has 0 fully saturated rings. The van der Waals surface area contributed by atoms with Crippen LogP contribution in [0.25, 0.3) is 0 Å². The predicted molar refractivity (Wildman–Crippen MR) is 109 cm³/mol. The molecular weight excluding hydrogens is 358 g/mol. The van der Waals surface area contributed by atoms with Gasteiger partial charge in [0.2, 0.25) is 0 Å². The second-order valence-electron chi connectivity index (χ2n) is 6.54. The van der Waals surface area contributed by atoms with Crippen molar-refractivity contribution in [3.8, 4) is 0 Å². The van der Waals surface area contributed by atoms with Crippen molar-refractivity contribution in [2.45, 2.75) is 12.2 Å². The van der Waals surface area contributed by atoms with Gasteiger partial charge in [0, 0.05) is 17.5 Å². The van der Waals surface area contributed by atoms with Crippen LogP contribution in [0.4, 0.5) is 5.69 Å². The van der Waals surface area contributed by atoms with E-state index in [1.165, 1.54) is 6.26 Å². The highest BCUT2D eigenvalue weighted by molar-refractivity contribution is 7.89. The van der Waals surface area contributed by atoms with E-state index in [0.717, 1.165) is 16.8 Å². The summed E-state index contributed by atoms with van der Waals surface area (Å²) in [5.74, 6) is -0.343. The third-order valence-corrected chi connectivity index (χ3v) is 4.98. The lowest BCUT2D eigenvalue weighted by molar-refractivity contribution is 0.102. The topological polar surface area (TPSA) is 63.2 Å². The number of hydrogen-bond acceptors (Lipinski definition) is 3. The largest absolute Gasteiger partial charge is 0.322 e. The van der Waals surface area contributed by atoms with Gasteiger partial charge in [0.15, 0.2) is 9.84 Å². The van der Waals surface area contributed by atoms with Gasteiger partial charge in [-0.1, -0.05) is 60.7 Å². The van der Waals surface area contributed by atoms with Crippen molar-refractivity contribution in [1.29, 1.82) is 0 Å². The van der Waals surface area contributed by atoms with Gasteiger partial charge in [-0.05, 0) is 41.3 Å². The molecule has 0 bridgehead atoms. The second-order valence-corrected chi connectivity index (χ2v) is 8.68. The molecule has 0 heterocycles. The molecule has 4 nitrogen and oxygen atoms in total. The Morgan fingerprint density at radius 1 is 0.852 bits per heavy atom. The van der Waals surface area contributed by atoms with E-state index in [4.69, 9.17) is 0 Å². The molecule has 0 aliphatic carbocycles. The number of sulfone groups is 1. The van der Waals surface area contributed by atoms with Gasteiger partial charge < -0.3 is 5.32 Å². The molecular formula is C22H21NO3S. The third kappa shape index (κ3) is 5.53. The van der Waals surface area contributed by atoms with E-state index in [0.29, 0.717) is 17.5 Å². The summed E-state index contributed by atoms with van der Waals surface area (Å²) in [6, 6.07) is 24.4. The van der Waals surface area contributed by atoms with E-state index in [-0.39, 0.29) is 11.7 Å². The summed E-state index contributed by atoms with van der Waals surface area (Å²) in [6.07, 6.45) is 1.89. The molecule has 5 heteroatoms. The Hall–Kier alpha value is -2.92. The van der Waals surface area contributed by atoms with Gasteiger partial charge in [0.1, 0.15) is 0 Å². The van der Waals surface area contributed by atoms with Crippen LogP contribution in [0.15, 0.2) is 78.9 Å². The zero-order valence-electron chi connectivity index (χ0n) is 15.1. The van der Waals surface area contributed by atoms with E-state index in [1.807, 2.05) is 54.6 Å². The number of carbonyl (C=O) groups excluding carboxylic acids is 1. The zero-order valence-corrected chi connectivity index (χ0v) is 15.9. The van der Waals surface area contributed by atoms with Crippen LogP contribution >= 0.6 is 0 Å². The molecule has 0 aromatic heterocycles. The molecule has 0 radical (unpaired) electrons. The smallest absolute Gasteiger partial charge is 0.255 e. The molecule has 1 N–H and O–H groups in total. The molecule has 27 heavy (non-hydrogen) atoms. The molecule has 3 aromatic carbocycles. The number of benzene rings is 3. The molecule has 0 saturated carbocycles. The monoisotopic (exact) mass is 379 g/mol. The molecule has 0 spiro atoms. The van der Waals surface area contributed by atoms with Gasteiger partial charge in [0.05, 0.1) is 5.75 Å². The average Bonchev–Trinajstić information content (AvgIpc) is 2.63. The molecule has 1 amide bonds. The van der Waals surface area contributed by atoms with Gasteiger partial charge >= 0.3 is 0 Å². The molecule has 0 unspecified atom stereocenters. The number of carbonyl (C=O) groups is 1. The quantitative estimate of drug-likeness (QED) is 0.702. The first-order chi connectivity index (χ1) is 12.9. The van der Waals surface area contributed by atoms with Crippen LogP contribution in [-0.4, -0.2) is 20.6 Å². The summed E-state index contributed by atoms with van der Waals surface area (Å²) in [6.45, 7) is 0. The predicted octanol–water partition coefficient (Wildman–Crippen LogP) is 4.07. The molecule has 138 valence electrons. The van der Waals surface area contributed by atoms with E-state index < -0.39 is 9.84 Å². The van der Waals surface area contributed by atoms with Crippen molar-refractivity contribution in [3.63, 3.8) is 0 Å². The molecule has 3 aromatic rings. The maximum atomic E-state index is 12.7. The number of nitrogens with one attached hydrogen (secondary N) is 1. The molecule has 0 aliphatic rings. The first kappa shape index (κ1) is 18.9. The number of amides is 1. The van der Waals surface area contributed by atoms with Crippen molar-refractivity contribution < 1.29 is 13.2 Å². The Bertz CT molecular complexity index is 1040. The lowest BCUT2D eigenvalue weighted by atomic mass is 10.0. The maximum Gasteiger partial charge on any atom is 0.255 e. The fourth-order valence-corrected chi connectivity index (χ4v) is 3.70. The zero-order chi connectivity index (χ0) is 19.3. The number of hydrogen-bond donors (Lipinski definition) is 1. The molecule has 0 atom stereocenters. The summed E-state index contributed by atoms with van der Waals surface area (Å²) >= 11 is 0. The lowest BCUT2D eigenvalue weighted by Crippen LogP contribution is -2.14. The Kier molecular flexibility index (Phi) is 5.72. The molecule has 3 rings (SSSR count).